The molecule has 0 aromatic heterocycles. The van der Waals surface area contributed by atoms with Crippen LogP contribution in [0.4, 0.5) is 5.69 Å². The van der Waals surface area contributed by atoms with Crippen molar-refractivity contribution in [2.75, 3.05) is 25.4 Å². The molecule has 6 nitrogen and oxygen atoms in total. The summed E-state index contributed by atoms with van der Waals surface area (Å²) >= 11 is 0. The molecule has 1 aliphatic rings. The lowest BCUT2D eigenvalue weighted by Gasteiger charge is -2.33. The Balaban J connectivity index is 1.77. The molecule has 1 atom stereocenters. The SMILES string of the molecule is CCC1C(=O)NC(=O)CN1CCCOc1ccc(N)cc1. The number of amides is 2. The lowest BCUT2D eigenvalue weighted by Crippen LogP contribution is -2.58. The molecule has 3 N–H and O–H groups in total. The van der Waals surface area contributed by atoms with Crippen LogP contribution >= 0.6 is 0 Å². The van der Waals surface area contributed by atoms with Crippen molar-refractivity contribution in [3.8, 4) is 5.75 Å². The monoisotopic (exact) mass is 291 g/mol. The summed E-state index contributed by atoms with van der Waals surface area (Å²) in [5, 5.41) is 2.37. The number of imide groups is 1. The zero-order chi connectivity index (χ0) is 15.2. The van der Waals surface area contributed by atoms with Crippen molar-refractivity contribution in [2.24, 2.45) is 0 Å². The molecule has 1 unspecified atom stereocenters. The number of nitrogens with two attached hydrogens (primary N) is 1. The highest BCUT2D eigenvalue weighted by molar-refractivity contribution is 6.01. The van der Waals surface area contributed by atoms with Gasteiger partial charge >= 0.3 is 0 Å². The van der Waals surface area contributed by atoms with E-state index in [2.05, 4.69) is 5.32 Å². The number of benzene rings is 1. The molecular formula is C15H21N3O3. The number of hydrogen-bond acceptors (Lipinski definition) is 5. The number of carbonyl (C=O) groups excluding carboxylic acids is 2. The molecule has 6 heteroatoms. The van der Waals surface area contributed by atoms with Gasteiger partial charge in [0.05, 0.1) is 19.2 Å². The fraction of sp³-hybridized carbons (Fsp3) is 0.467. The Morgan fingerprint density at radius 3 is 2.71 bits per heavy atom. The largest absolute Gasteiger partial charge is 0.494 e. The molecule has 0 spiro atoms. The second-order valence-corrected chi connectivity index (χ2v) is 5.08. The molecule has 0 radical (unpaired) electrons. The number of nitrogens with one attached hydrogen (secondary N) is 1. The van der Waals surface area contributed by atoms with E-state index in [4.69, 9.17) is 10.5 Å². The molecule has 1 heterocycles. The van der Waals surface area contributed by atoms with Crippen LogP contribution < -0.4 is 15.8 Å². The molecular weight excluding hydrogens is 270 g/mol. The maximum Gasteiger partial charge on any atom is 0.243 e. The molecule has 2 amide bonds. The van der Waals surface area contributed by atoms with Crippen LogP contribution in [0, 0.1) is 0 Å². The summed E-state index contributed by atoms with van der Waals surface area (Å²) in [6, 6.07) is 7.00. The number of piperazine rings is 1. The third-order valence-electron chi connectivity index (χ3n) is 3.48. The number of nitrogen functional groups attached to an aromatic ring is 1. The predicted octanol–water partition coefficient (Wildman–Crippen LogP) is 0.775. The second-order valence-electron chi connectivity index (χ2n) is 5.08. The van der Waals surface area contributed by atoms with E-state index in [1.807, 2.05) is 24.0 Å². The Morgan fingerprint density at radius 1 is 1.33 bits per heavy atom. The second kappa shape index (κ2) is 7.08. The van der Waals surface area contributed by atoms with E-state index in [0.29, 0.717) is 25.3 Å². The zero-order valence-corrected chi connectivity index (χ0v) is 12.2. The van der Waals surface area contributed by atoms with Gasteiger partial charge in [0.2, 0.25) is 11.8 Å². The lowest BCUT2D eigenvalue weighted by atomic mass is 10.1. The summed E-state index contributed by atoms with van der Waals surface area (Å²) in [6.45, 7) is 3.41. The predicted molar refractivity (Wildman–Crippen MR) is 79.8 cm³/mol. The summed E-state index contributed by atoms with van der Waals surface area (Å²) in [7, 11) is 0. The van der Waals surface area contributed by atoms with Crippen molar-refractivity contribution in [3.05, 3.63) is 24.3 Å². The van der Waals surface area contributed by atoms with E-state index in [9.17, 15) is 9.59 Å². The van der Waals surface area contributed by atoms with E-state index in [-0.39, 0.29) is 24.4 Å². The van der Waals surface area contributed by atoms with Gasteiger partial charge < -0.3 is 10.5 Å². The van der Waals surface area contributed by atoms with Crippen molar-refractivity contribution in [1.82, 2.24) is 10.2 Å². The Morgan fingerprint density at radius 2 is 2.05 bits per heavy atom. The van der Waals surface area contributed by atoms with Crippen molar-refractivity contribution in [1.29, 1.82) is 0 Å². The average Bonchev–Trinajstić information content (AvgIpc) is 2.45. The van der Waals surface area contributed by atoms with Gasteiger partial charge in [0.25, 0.3) is 0 Å². The first kappa shape index (κ1) is 15.3. The van der Waals surface area contributed by atoms with Gasteiger partial charge in [-0.05, 0) is 37.1 Å². The van der Waals surface area contributed by atoms with Gasteiger partial charge in [-0.3, -0.25) is 19.8 Å². The first-order valence-corrected chi connectivity index (χ1v) is 7.16. The van der Waals surface area contributed by atoms with Crippen molar-refractivity contribution >= 4 is 17.5 Å². The standard InChI is InChI=1S/C15H21N3O3/c1-2-13-15(20)17-14(19)10-18(13)8-3-9-21-12-6-4-11(16)5-7-12/h4-7,13H,2-3,8-10,16H2,1H3,(H,17,19,20). The summed E-state index contributed by atoms with van der Waals surface area (Å²) in [5.41, 5.74) is 6.30. The molecule has 114 valence electrons. The quantitative estimate of drug-likeness (QED) is 0.459. The molecule has 1 aliphatic heterocycles. The third-order valence-corrected chi connectivity index (χ3v) is 3.48. The van der Waals surface area contributed by atoms with Gasteiger partial charge in [-0.2, -0.15) is 0 Å². The van der Waals surface area contributed by atoms with E-state index in [1.165, 1.54) is 0 Å². The number of ether oxygens (including phenoxy) is 1. The zero-order valence-electron chi connectivity index (χ0n) is 12.2. The third kappa shape index (κ3) is 4.19. The highest BCUT2D eigenvalue weighted by Crippen LogP contribution is 2.14. The molecule has 2 rings (SSSR count). The van der Waals surface area contributed by atoms with Crippen LogP contribution in [-0.2, 0) is 9.59 Å². The molecule has 0 bridgehead atoms. The van der Waals surface area contributed by atoms with Gasteiger partial charge in [-0.1, -0.05) is 6.92 Å². The Kier molecular flexibility index (Phi) is 5.16. The Bertz CT molecular complexity index is 501. The smallest absolute Gasteiger partial charge is 0.243 e. The van der Waals surface area contributed by atoms with Crippen LogP contribution in [0.2, 0.25) is 0 Å². The molecule has 0 aliphatic carbocycles. The number of hydrogen-bond donors (Lipinski definition) is 2. The fourth-order valence-electron chi connectivity index (χ4n) is 2.42. The maximum absolute atomic E-state index is 11.7. The topological polar surface area (TPSA) is 84.7 Å². The number of rotatable bonds is 6. The molecule has 21 heavy (non-hydrogen) atoms. The minimum atomic E-state index is -0.232. The van der Waals surface area contributed by atoms with Crippen LogP contribution in [0.25, 0.3) is 0 Å². The summed E-state index contributed by atoms with van der Waals surface area (Å²) in [4.78, 5) is 25.0. The maximum atomic E-state index is 11.7. The first-order chi connectivity index (χ1) is 10.1. The van der Waals surface area contributed by atoms with Crippen molar-refractivity contribution in [3.63, 3.8) is 0 Å². The van der Waals surface area contributed by atoms with Crippen LogP contribution in [0.15, 0.2) is 24.3 Å². The minimum Gasteiger partial charge on any atom is -0.494 e. The Labute approximate surface area is 124 Å². The van der Waals surface area contributed by atoms with Gasteiger partial charge in [0, 0.05) is 12.2 Å². The number of nitrogens with zero attached hydrogens (tertiary/aromatic N) is 1. The highest BCUT2D eigenvalue weighted by Gasteiger charge is 2.31. The van der Waals surface area contributed by atoms with Crippen LogP contribution in [0.5, 0.6) is 5.75 Å². The van der Waals surface area contributed by atoms with Gasteiger partial charge in [0.1, 0.15) is 5.75 Å². The van der Waals surface area contributed by atoms with E-state index in [0.717, 1.165) is 12.2 Å². The summed E-state index contributed by atoms with van der Waals surface area (Å²) < 4.78 is 5.61. The van der Waals surface area contributed by atoms with E-state index < -0.39 is 0 Å². The number of anilines is 1. The molecule has 1 aromatic rings. The van der Waals surface area contributed by atoms with Gasteiger partial charge in [-0.15, -0.1) is 0 Å². The minimum absolute atomic E-state index is 0.201. The Hall–Kier alpha value is -2.08. The lowest BCUT2D eigenvalue weighted by molar-refractivity contribution is -0.140. The molecule has 1 fully saturated rings. The molecule has 1 saturated heterocycles. The summed E-state index contributed by atoms with van der Waals surface area (Å²) in [6.07, 6.45) is 1.44. The van der Waals surface area contributed by atoms with E-state index in [1.54, 1.807) is 12.1 Å². The van der Waals surface area contributed by atoms with Crippen molar-refractivity contribution < 1.29 is 14.3 Å². The fourth-order valence-corrected chi connectivity index (χ4v) is 2.42. The average molecular weight is 291 g/mol. The number of carbonyl (C=O) groups is 2. The van der Waals surface area contributed by atoms with Gasteiger partial charge in [-0.25, -0.2) is 0 Å². The van der Waals surface area contributed by atoms with Crippen LogP contribution in [0.1, 0.15) is 19.8 Å². The highest BCUT2D eigenvalue weighted by atomic mass is 16.5. The van der Waals surface area contributed by atoms with E-state index >= 15 is 0 Å². The molecule has 0 saturated carbocycles. The van der Waals surface area contributed by atoms with Crippen LogP contribution in [-0.4, -0.2) is 42.5 Å². The first-order valence-electron chi connectivity index (χ1n) is 7.16. The molecule has 1 aromatic carbocycles. The normalized spacial score (nSPS) is 19.4. The van der Waals surface area contributed by atoms with Gasteiger partial charge in [0.15, 0.2) is 0 Å². The van der Waals surface area contributed by atoms with Crippen LogP contribution in [0.3, 0.4) is 0 Å². The van der Waals surface area contributed by atoms with Crippen molar-refractivity contribution in [2.45, 2.75) is 25.8 Å². The summed E-state index contributed by atoms with van der Waals surface area (Å²) in [5.74, 6) is 0.334.